The van der Waals surface area contributed by atoms with Gasteiger partial charge in [0.2, 0.25) is 5.91 Å². The van der Waals surface area contributed by atoms with Crippen LogP contribution >= 0.6 is 0 Å². The minimum Gasteiger partial charge on any atom is -0.340 e. The molecule has 0 saturated carbocycles. The molecular formula is C18H17FN2O3. The minimum atomic E-state index is -0.877. The number of nitrogens with one attached hydrogen (secondary N) is 2. The van der Waals surface area contributed by atoms with E-state index in [0.717, 1.165) is 0 Å². The van der Waals surface area contributed by atoms with Gasteiger partial charge in [-0.05, 0) is 38.1 Å². The van der Waals surface area contributed by atoms with Gasteiger partial charge in [0, 0.05) is 11.3 Å². The molecule has 0 aliphatic carbocycles. The summed E-state index contributed by atoms with van der Waals surface area (Å²) in [6.07, 6.45) is 0. The van der Waals surface area contributed by atoms with Gasteiger partial charge in [0.1, 0.15) is 11.9 Å². The van der Waals surface area contributed by atoms with Crippen LogP contribution in [0.1, 0.15) is 34.6 Å². The molecule has 0 aromatic heterocycles. The van der Waals surface area contributed by atoms with Gasteiger partial charge in [-0.3, -0.25) is 14.4 Å². The summed E-state index contributed by atoms with van der Waals surface area (Å²) >= 11 is 0. The van der Waals surface area contributed by atoms with Crippen molar-refractivity contribution in [2.45, 2.75) is 19.9 Å². The van der Waals surface area contributed by atoms with Crippen molar-refractivity contribution >= 4 is 23.3 Å². The molecule has 0 fully saturated rings. The van der Waals surface area contributed by atoms with E-state index in [-0.39, 0.29) is 11.3 Å². The quantitative estimate of drug-likeness (QED) is 0.829. The van der Waals surface area contributed by atoms with E-state index in [1.165, 1.54) is 38.1 Å². The summed E-state index contributed by atoms with van der Waals surface area (Å²) in [6, 6.07) is 11.1. The van der Waals surface area contributed by atoms with Gasteiger partial charge < -0.3 is 10.6 Å². The first-order valence-corrected chi connectivity index (χ1v) is 7.35. The average molecular weight is 328 g/mol. The van der Waals surface area contributed by atoms with Crippen molar-refractivity contribution < 1.29 is 18.8 Å². The number of carbonyl (C=O) groups excluding carboxylic acids is 3. The molecule has 124 valence electrons. The predicted molar refractivity (Wildman–Crippen MR) is 88.4 cm³/mol. The van der Waals surface area contributed by atoms with Crippen LogP contribution in [0.5, 0.6) is 0 Å². The highest BCUT2D eigenvalue weighted by Gasteiger charge is 2.18. The number of hydrogen-bond donors (Lipinski definition) is 2. The molecule has 0 bridgehead atoms. The highest BCUT2D eigenvalue weighted by Crippen LogP contribution is 2.12. The fourth-order valence-electron chi connectivity index (χ4n) is 2.05. The van der Waals surface area contributed by atoms with Crippen LogP contribution in [0.3, 0.4) is 0 Å². The number of benzene rings is 2. The lowest BCUT2D eigenvalue weighted by molar-refractivity contribution is -0.117. The largest absolute Gasteiger partial charge is 0.340 e. The zero-order valence-electron chi connectivity index (χ0n) is 13.3. The Morgan fingerprint density at radius 1 is 1.04 bits per heavy atom. The number of halogens is 1. The highest BCUT2D eigenvalue weighted by molar-refractivity contribution is 6.02. The lowest BCUT2D eigenvalue weighted by Crippen LogP contribution is -2.41. The van der Waals surface area contributed by atoms with E-state index in [4.69, 9.17) is 0 Å². The summed E-state index contributed by atoms with van der Waals surface area (Å²) in [6.45, 7) is 2.92. The molecule has 24 heavy (non-hydrogen) atoms. The molecule has 0 heterocycles. The Labute approximate surface area is 138 Å². The summed E-state index contributed by atoms with van der Waals surface area (Å²) in [5, 5.41) is 5.05. The number of amides is 2. The van der Waals surface area contributed by atoms with Gasteiger partial charge in [0.05, 0.1) is 5.56 Å². The molecule has 6 heteroatoms. The van der Waals surface area contributed by atoms with Crippen molar-refractivity contribution in [3.05, 3.63) is 65.5 Å². The normalized spacial score (nSPS) is 11.5. The van der Waals surface area contributed by atoms with Gasteiger partial charge in [-0.25, -0.2) is 4.39 Å². The van der Waals surface area contributed by atoms with Crippen LogP contribution in [-0.2, 0) is 4.79 Å². The van der Waals surface area contributed by atoms with Crippen molar-refractivity contribution in [2.75, 3.05) is 5.32 Å². The van der Waals surface area contributed by atoms with E-state index in [2.05, 4.69) is 10.6 Å². The fourth-order valence-corrected chi connectivity index (χ4v) is 2.05. The van der Waals surface area contributed by atoms with Crippen LogP contribution in [0.15, 0.2) is 48.5 Å². The van der Waals surface area contributed by atoms with E-state index in [1.54, 1.807) is 24.3 Å². The van der Waals surface area contributed by atoms with E-state index >= 15 is 0 Å². The van der Waals surface area contributed by atoms with Crippen molar-refractivity contribution in [3.8, 4) is 0 Å². The topological polar surface area (TPSA) is 75.3 Å². The van der Waals surface area contributed by atoms with E-state index in [1.807, 2.05) is 0 Å². The number of Topliss-reactive ketones (excluding diaryl/α,β-unsaturated/α-hetero) is 1. The number of rotatable bonds is 5. The lowest BCUT2D eigenvalue weighted by atomic mass is 10.1. The fraction of sp³-hybridized carbons (Fsp3) is 0.167. The average Bonchev–Trinajstić information content (AvgIpc) is 2.55. The smallest absolute Gasteiger partial charge is 0.254 e. The van der Waals surface area contributed by atoms with Gasteiger partial charge in [-0.15, -0.1) is 0 Å². The molecule has 1 atom stereocenters. The van der Waals surface area contributed by atoms with E-state index < -0.39 is 23.7 Å². The molecule has 2 N–H and O–H groups in total. The van der Waals surface area contributed by atoms with Gasteiger partial charge >= 0.3 is 0 Å². The second-order valence-electron chi connectivity index (χ2n) is 5.30. The predicted octanol–water partition coefficient (Wildman–Crippen LogP) is 2.79. The van der Waals surface area contributed by atoms with Crippen LogP contribution in [0.4, 0.5) is 10.1 Å². The molecule has 2 aromatic carbocycles. The zero-order valence-corrected chi connectivity index (χ0v) is 13.3. The second kappa shape index (κ2) is 7.50. The molecule has 2 aromatic rings. The summed E-state index contributed by atoms with van der Waals surface area (Å²) in [5.74, 6) is -1.92. The van der Waals surface area contributed by atoms with Crippen LogP contribution in [0.2, 0.25) is 0 Å². The number of hydrogen-bond acceptors (Lipinski definition) is 3. The Kier molecular flexibility index (Phi) is 5.42. The minimum absolute atomic E-state index is 0.119. The first-order valence-electron chi connectivity index (χ1n) is 7.35. The Balaban J connectivity index is 2.02. The molecule has 0 radical (unpaired) electrons. The highest BCUT2D eigenvalue weighted by atomic mass is 19.1. The molecule has 0 saturated heterocycles. The Morgan fingerprint density at radius 2 is 1.75 bits per heavy atom. The Morgan fingerprint density at radius 3 is 2.42 bits per heavy atom. The molecule has 0 aliphatic rings. The Bertz CT molecular complexity index is 789. The van der Waals surface area contributed by atoms with Crippen molar-refractivity contribution in [3.63, 3.8) is 0 Å². The maximum absolute atomic E-state index is 13.6. The summed E-state index contributed by atoms with van der Waals surface area (Å²) < 4.78 is 13.6. The summed E-state index contributed by atoms with van der Waals surface area (Å²) in [4.78, 5) is 35.5. The van der Waals surface area contributed by atoms with Crippen LogP contribution in [0, 0.1) is 5.82 Å². The third kappa shape index (κ3) is 4.25. The second-order valence-corrected chi connectivity index (χ2v) is 5.30. The zero-order chi connectivity index (χ0) is 17.7. The molecule has 0 unspecified atom stereocenters. The van der Waals surface area contributed by atoms with Crippen LogP contribution < -0.4 is 10.6 Å². The molecule has 0 aliphatic heterocycles. The third-order valence-corrected chi connectivity index (χ3v) is 3.40. The molecule has 2 amide bonds. The first kappa shape index (κ1) is 17.3. The van der Waals surface area contributed by atoms with Crippen LogP contribution in [0.25, 0.3) is 0 Å². The van der Waals surface area contributed by atoms with Gasteiger partial charge in [0.25, 0.3) is 5.91 Å². The maximum atomic E-state index is 13.6. The monoisotopic (exact) mass is 328 g/mol. The standard InChI is InChI=1S/C18H17FN2O3/c1-11(20-18(24)15-8-3-4-9-16(15)19)17(23)21-14-7-5-6-13(10-14)12(2)22/h3-11H,1-2H3,(H,20,24)(H,21,23)/t11-/m0/s1. The molecule has 0 spiro atoms. The van der Waals surface area contributed by atoms with Crippen molar-refractivity contribution in [1.29, 1.82) is 0 Å². The van der Waals surface area contributed by atoms with Crippen molar-refractivity contribution in [1.82, 2.24) is 5.32 Å². The summed E-state index contributed by atoms with van der Waals surface area (Å²) in [7, 11) is 0. The van der Waals surface area contributed by atoms with Crippen molar-refractivity contribution in [2.24, 2.45) is 0 Å². The van der Waals surface area contributed by atoms with Gasteiger partial charge in [-0.1, -0.05) is 24.3 Å². The number of carbonyl (C=O) groups is 3. The summed E-state index contributed by atoms with van der Waals surface area (Å²) in [5.41, 5.74) is 0.784. The number of ketones is 1. The lowest BCUT2D eigenvalue weighted by Gasteiger charge is -2.14. The molecular weight excluding hydrogens is 311 g/mol. The maximum Gasteiger partial charge on any atom is 0.254 e. The number of anilines is 1. The van der Waals surface area contributed by atoms with E-state index in [0.29, 0.717) is 11.3 Å². The first-order chi connectivity index (χ1) is 11.4. The molecule has 2 rings (SSSR count). The SMILES string of the molecule is CC(=O)c1cccc(NC(=O)[C@H](C)NC(=O)c2ccccc2F)c1. The van der Waals surface area contributed by atoms with Crippen LogP contribution in [-0.4, -0.2) is 23.6 Å². The Hall–Kier alpha value is -3.02. The molecule has 5 nitrogen and oxygen atoms in total. The third-order valence-electron chi connectivity index (χ3n) is 3.40. The van der Waals surface area contributed by atoms with Gasteiger partial charge in [-0.2, -0.15) is 0 Å². The van der Waals surface area contributed by atoms with E-state index in [9.17, 15) is 18.8 Å². The van der Waals surface area contributed by atoms with Gasteiger partial charge in [0.15, 0.2) is 5.78 Å².